The zero-order chi connectivity index (χ0) is 14.3. The second-order valence-corrected chi connectivity index (χ2v) is 4.53. The fourth-order valence-electron chi connectivity index (χ4n) is 1.77. The van der Waals surface area contributed by atoms with Gasteiger partial charge in [0.25, 0.3) is 5.91 Å². The Morgan fingerprint density at radius 2 is 1.84 bits per heavy atom. The van der Waals surface area contributed by atoms with E-state index < -0.39 is 17.9 Å². The number of hydrogen-bond donors (Lipinski definition) is 4. The Morgan fingerprint density at radius 3 is 2.42 bits per heavy atom. The van der Waals surface area contributed by atoms with Crippen molar-refractivity contribution >= 4 is 17.8 Å². The van der Waals surface area contributed by atoms with E-state index in [1.54, 1.807) is 11.8 Å². The van der Waals surface area contributed by atoms with Crippen LogP contribution in [0.25, 0.3) is 0 Å². The minimum absolute atomic E-state index is 0.154. The standard InChI is InChI=1S/C11H21N5O3/c1-8(10(18)15-13-7-9(12)17)14-11(19)16-5-3-2-4-6-16/h8,13H,2-7H2,1H3,(H2,12,17)(H,14,19)(H,15,18)/t8-/m0/s1. The van der Waals surface area contributed by atoms with Crippen molar-refractivity contribution < 1.29 is 14.4 Å². The lowest BCUT2D eigenvalue weighted by Gasteiger charge is -2.28. The number of amides is 4. The topological polar surface area (TPSA) is 117 Å². The highest BCUT2D eigenvalue weighted by Gasteiger charge is 2.21. The summed E-state index contributed by atoms with van der Waals surface area (Å²) in [6, 6.07) is -0.924. The van der Waals surface area contributed by atoms with Gasteiger partial charge in [-0.15, -0.1) is 0 Å². The number of nitrogens with two attached hydrogens (primary N) is 1. The van der Waals surface area contributed by atoms with Crippen molar-refractivity contribution in [3.05, 3.63) is 0 Å². The lowest BCUT2D eigenvalue weighted by atomic mass is 10.1. The van der Waals surface area contributed by atoms with E-state index in [2.05, 4.69) is 16.2 Å². The molecule has 0 saturated carbocycles. The summed E-state index contributed by atoms with van der Waals surface area (Å²) < 4.78 is 0. The third-order valence-electron chi connectivity index (χ3n) is 2.85. The molecule has 1 heterocycles. The second kappa shape index (κ2) is 7.57. The van der Waals surface area contributed by atoms with Crippen LogP contribution in [-0.2, 0) is 9.59 Å². The third kappa shape index (κ3) is 5.56. The van der Waals surface area contributed by atoms with Crippen molar-refractivity contribution in [2.45, 2.75) is 32.2 Å². The summed E-state index contributed by atoms with van der Waals surface area (Å²) in [5.41, 5.74) is 9.58. The largest absolute Gasteiger partial charge is 0.369 e. The van der Waals surface area contributed by atoms with Gasteiger partial charge in [-0.2, -0.15) is 0 Å². The van der Waals surface area contributed by atoms with Crippen LogP contribution in [0.15, 0.2) is 0 Å². The molecule has 4 amide bonds. The van der Waals surface area contributed by atoms with Crippen LogP contribution >= 0.6 is 0 Å². The van der Waals surface area contributed by atoms with Crippen LogP contribution in [0.4, 0.5) is 4.79 Å². The first kappa shape index (κ1) is 15.2. The maximum Gasteiger partial charge on any atom is 0.318 e. The lowest BCUT2D eigenvalue weighted by molar-refractivity contribution is -0.124. The molecule has 0 bridgehead atoms. The number of nitrogens with one attached hydrogen (secondary N) is 3. The van der Waals surface area contributed by atoms with E-state index in [0.717, 1.165) is 32.4 Å². The molecule has 0 aromatic rings. The number of hydrogen-bond acceptors (Lipinski definition) is 4. The van der Waals surface area contributed by atoms with Gasteiger partial charge < -0.3 is 16.0 Å². The van der Waals surface area contributed by atoms with Gasteiger partial charge in [0.2, 0.25) is 5.91 Å². The van der Waals surface area contributed by atoms with E-state index in [1.807, 2.05) is 0 Å². The van der Waals surface area contributed by atoms with Crippen LogP contribution in [0.2, 0.25) is 0 Å². The van der Waals surface area contributed by atoms with E-state index in [1.165, 1.54) is 0 Å². The maximum absolute atomic E-state index is 11.8. The number of rotatable bonds is 5. The number of piperidine rings is 1. The van der Waals surface area contributed by atoms with Gasteiger partial charge >= 0.3 is 6.03 Å². The Bertz CT molecular complexity index is 341. The molecular formula is C11H21N5O3. The molecule has 0 aromatic carbocycles. The van der Waals surface area contributed by atoms with E-state index in [9.17, 15) is 14.4 Å². The first-order valence-corrected chi connectivity index (χ1v) is 6.37. The maximum atomic E-state index is 11.8. The van der Waals surface area contributed by atoms with E-state index >= 15 is 0 Å². The molecule has 1 saturated heterocycles. The minimum Gasteiger partial charge on any atom is -0.369 e. The Balaban J connectivity index is 2.28. The van der Waals surface area contributed by atoms with Gasteiger partial charge in [0, 0.05) is 13.1 Å². The summed E-state index contributed by atoms with van der Waals surface area (Å²) in [6.45, 7) is 2.86. The molecule has 1 rings (SSSR count). The summed E-state index contributed by atoms with van der Waals surface area (Å²) in [5, 5.41) is 2.61. The van der Waals surface area contributed by atoms with Crippen LogP contribution in [0.3, 0.4) is 0 Å². The molecule has 1 aliphatic rings. The van der Waals surface area contributed by atoms with Crippen LogP contribution in [0.1, 0.15) is 26.2 Å². The number of likely N-dealkylation sites (tertiary alicyclic amines) is 1. The molecule has 19 heavy (non-hydrogen) atoms. The van der Waals surface area contributed by atoms with Crippen molar-refractivity contribution in [1.82, 2.24) is 21.1 Å². The zero-order valence-electron chi connectivity index (χ0n) is 11.1. The van der Waals surface area contributed by atoms with Crippen LogP contribution < -0.4 is 21.9 Å². The van der Waals surface area contributed by atoms with Gasteiger partial charge in [-0.3, -0.25) is 15.0 Å². The Morgan fingerprint density at radius 1 is 1.21 bits per heavy atom. The Labute approximate surface area is 112 Å². The monoisotopic (exact) mass is 271 g/mol. The first-order chi connectivity index (χ1) is 9.00. The SMILES string of the molecule is C[C@H](NC(=O)N1CCCCC1)C(=O)NNCC(N)=O. The predicted octanol–water partition coefficient (Wildman–Crippen LogP) is -1.32. The normalized spacial score (nSPS) is 16.6. The van der Waals surface area contributed by atoms with Gasteiger partial charge in [-0.05, 0) is 26.2 Å². The molecule has 0 radical (unpaired) electrons. The summed E-state index contributed by atoms with van der Waals surface area (Å²) in [6.07, 6.45) is 3.12. The first-order valence-electron chi connectivity index (χ1n) is 6.37. The Hall–Kier alpha value is -1.83. The van der Waals surface area contributed by atoms with Crippen molar-refractivity contribution in [3.63, 3.8) is 0 Å². The van der Waals surface area contributed by atoms with Crippen molar-refractivity contribution in [2.24, 2.45) is 5.73 Å². The fraction of sp³-hybridized carbons (Fsp3) is 0.727. The van der Waals surface area contributed by atoms with Gasteiger partial charge in [0.05, 0.1) is 6.54 Å². The zero-order valence-corrected chi connectivity index (χ0v) is 11.1. The smallest absolute Gasteiger partial charge is 0.318 e. The highest BCUT2D eigenvalue weighted by Crippen LogP contribution is 2.08. The predicted molar refractivity (Wildman–Crippen MR) is 68.8 cm³/mol. The molecule has 108 valence electrons. The fourth-order valence-corrected chi connectivity index (χ4v) is 1.77. The average Bonchev–Trinajstić information content (AvgIpc) is 2.39. The average molecular weight is 271 g/mol. The van der Waals surface area contributed by atoms with Crippen molar-refractivity contribution in [1.29, 1.82) is 0 Å². The van der Waals surface area contributed by atoms with Gasteiger partial charge in [-0.1, -0.05) is 0 Å². The second-order valence-electron chi connectivity index (χ2n) is 4.53. The third-order valence-corrected chi connectivity index (χ3v) is 2.85. The molecular weight excluding hydrogens is 250 g/mol. The minimum atomic E-state index is -0.685. The van der Waals surface area contributed by atoms with Crippen molar-refractivity contribution in [3.8, 4) is 0 Å². The van der Waals surface area contributed by atoms with E-state index in [-0.39, 0.29) is 12.6 Å². The number of carbonyl (C=O) groups is 3. The molecule has 8 nitrogen and oxygen atoms in total. The number of hydrazine groups is 1. The number of urea groups is 1. The highest BCUT2D eigenvalue weighted by atomic mass is 16.2. The molecule has 0 aliphatic carbocycles. The summed E-state index contributed by atoms with van der Waals surface area (Å²) in [4.78, 5) is 35.6. The van der Waals surface area contributed by atoms with E-state index in [0.29, 0.717) is 0 Å². The molecule has 1 fully saturated rings. The molecule has 0 aromatic heterocycles. The molecule has 5 N–H and O–H groups in total. The van der Waals surface area contributed by atoms with Gasteiger partial charge in [-0.25, -0.2) is 10.2 Å². The summed E-state index contributed by atoms with van der Waals surface area (Å²) in [7, 11) is 0. The number of primary amides is 1. The van der Waals surface area contributed by atoms with Gasteiger partial charge in [0.1, 0.15) is 6.04 Å². The van der Waals surface area contributed by atoms with Gasteiger partial charge in [0.15, 0.2) is 0 Å². The van der Waals surface area contributed by atoms with Crippen LogP contribution in [0, 0.1) is 0 Å². The molecule has 1 aliphatic heterocycles. The van der Waals surface area contributed by atoms with Crippen LogP contribution in [-0.4, -0.2) is 48.4 Å². The summed E-state index contributed by atoms with van der Waals surface area (Å²) >= 11 is 0. The Kier molecular flexibility index (Phi) is 6.07. The quantitative estimate of drug-likeness (QED) is 0.464. The van der Waals surface area contributed by atoms with Crippen molar-refractivity contribution in [2.75, 3.05) is 19.6 Å². The summed E-state index contributed by atoms with van der Waals surface area (Å²) in [5.74, 6) is -1.00. The number of carbonyl (C=O) groups excluding carboxylic acids is 3. The molecule has 0 spiro atoms. The number of nitrogens with zero attached hydrogens (tertiary/aromatic N) is 1. The lowest BCUT2D eigenvalue weighted by Crippen LogP contribution is -2.54. The molecule has 0 unspecified atom stereocenters. The molecule has 1 atom stereocenters. The van der Waals surface area contributed by atoms with Crippen LogP contribution in [0.5, 0.6) is 0 Å². The highest BCUT2D eigenvalue weighted by molar-refractivity contribution is 5.86. The van der Waals surface area contributed by atoms with E-state index in [4.69, 9.17) is 5.73 Å². The molecule has 8 heteroatoms.